The summed E-state index contributed by atoms with van der Waals surface area (Å²) in [6, 6.07) is 4.95. The van der Waals surface area contributed by atoms with Crippen LogP contribution in [0.1, 0.15) is 39.5 Å². The van der Waals surface area contributed by atoms with Gasteiger partial charge in [-0.15, -0.1) is 0 Å². The van der Waals surface area contributed by atoms with Crippen LogP contribution in [0.2, 0.25) is 0 Å². The Morgan fingerprint density at radius 1 is 1.13 bits per heavy atom. The predicted octanol–water partition coefficient (Wildman–Crippen LogP) is 1.20. The highest BCUT2D eigenvalue weighted by molar-refractivity contribution is 5.97. The molecule has 8 heteroatoms. The molecule has 1 aliphatic heterocycles. The van der Waals surface area contributed by atoms with Crippen molar-refractivity contribution in [3.63, 3.8) is 0 Å². The number of nitrogens with zero attached hydrogens (tertiary/aromatic N) is 1. The maximum Gasteiger partial charge on any atom is 0.315 e. The highest BCUT2D eigenvalue weighted by Gasteiger charge is 2.32. The number of carbonyl (C=O) groups is 2. The van der Waals surface area contributed by atoms with Gasteiger partial charge < -0.3 is 29.9 Å². The van der Waals surface area contributed by atoms with E-state index < -0.39 is 0 Å². The zero-order chi connectivity index (χ0) is 21.9. The average molecular weight is 422 g/mol. The molecule has 168 valence electrons. The molecule has 0 bridgehead atoms. The average Bonchev–Trinajstić information content (AvgIpc) is 3.10. The van der Waals surface area contributed by atoms with Gasteiger partial charge in [0.05, 0.1) is 39.9 Å². The number of amides is 3. The number of urea groups is 1. The normalized spacial score (nSPS) is 16.1. The molecule has 0 aliphatic carbocycles. The van der Waals surface area contributed by atoms with Crippen molar-refractivity contribution < 1.29 is 24.0 Å². The molecule has 1 saturated heterocycles. The van der Waals surface area contributed by atoms with E-state index in [9.17, 15) is 9.59 Å². The number of benzene rings is 1. The SMILES string of the molecule is CCC[NH+](CCC)CCCNC(=O)N[C@H]1CC(=O)N(c2ccc(OC)c(OC)c2)C1. The molecule has 1 aromatic carbocycles. The zero-order valence-corrected chi connectivity index (χ0v) is 18.8. The van der Waals surface area contributed by atoms with E-state index in [0.29, 0.717) is 24.6 Å². The first-order chi connectivity index (χ1) is 14.5. The second-order valence-corrected chi connectivity index (χ2v) is 7.70. The fourth-order valence-electron chi connectivity index (χ4n) is 3.91. The number of quaternary nitrogens is 1. The summed E-state index contributed by atoms with van der Waals surface area (Å²) in [5.41, 5.74) is 0.734. The second kappa shape index (κ2) is 12.3. The molecule has 3 N–H and O–H groups in total. The number of ether oxygens (including phenoxy) is 2. The summed E-state index contributed by atoms with van der Waals surface area (Å²) in [7, 11) is 3.14. The minimum Gasteiger partial charge on any atom is -0.493 e. The standard InChI is InChI=1S/C22H36N4O4/c1-5-11-25(12-6-2)13-7-10-23-22(28)24-17-14-21(27)26(16-17)18-8-9-19(29-3)20(15-18)30-4/h8-9,15,17H,5-7,10-14,16H2,1-4H3,(H2,23,24,28)/p+1/t17-/m0/s1. The molecular formula is C22H37N4O4+. The number of carbonyl (C=O) groups excluding carboxylic acids is 2. The van der Waals surface area contributed by atoms with E-state index in [1.165, 1.54) is 25.9 Å². The Bertz CT molecular complexity index is 692. The van der Waals surface area contributed by atoms with Crippen molar-refractivity contribution in [1.29, 1.82) is 0 Å². The van der Waals surface area contributed by atoms with E-state index in [2.05, 4.69) is 24.5 Å². The van der Waals surface area contributed by atoms with E-state index in [-0.39, 0.29) is 24.4 Å². The number of methoxy groups -OCH3 is 2. The number of rotatable bonds is 12. The number of hydrogen-bond donors (Lipinski definition) is 3. The summed E-state index contributed by atoms with van der Waals surface area (Å²) in [5.74, 6) is 1.16. The molecule has 1 aliphatic rings. The monoisotopic (exact) mass is 421 g/mol. The van der Waals surface area contributed by atoms with Crippen LogP contribution in [0.5, 0.6) is 11.5 Å². The van der Waals surface area contributed by atoms with Crippen LogP contribution < -0.4 is 29.9 Å². The fraction of sp³-hybridized carbons (Fsp3) is 0.636. The van der Waals surface area contributed by atoms with Gasteiger partial charge in [-0.3, -0.25) is 4.79 Å². The molecule has 1 aromatic rings. The van der Waals surface area contributed by atoms with Crippen LogP contribution in [-0.4, -0.2) is 64.9 Å². The lowest BCUT2D eigenvalue weighted by molar-refractivity contribution is -0.900. The Balaban J connectivity index is 1.79. The van der Waals surface area contributed by atoms with Crippen molar-refractivity contribution in [2.75, 3.05) is 51.8 Å². The maximum absolute atomic E-state index is 12.5. The van der Waals surface area contributed by atoms with E-state index in [1.807, 2.05) is 6.07 Å². The van der Waals surface area contributed by atoms with Crippen molar-refractivity contribution >= 4 is 17.6 Å². The topological polar surface area (TPSA) is 84.3 Å². The second-order valence-electron chi connectivity index (χ2n) is 7.70. The van der Waals surface area contributed by atoms with Crippen LogP contribution in [0.3, 0.4) is 0 Å². The molecule has 1 heterocycles. The van der Waals surface area contributed by atoms with Crippen molar-refractivity contribution in [2.24, 2.45) is 0 Å². The molecule has 30 heavy (non-hydrogen) atoms. The summed E-state index contributed by atoms with van der Waals surface area (Å²) >= 11 is 0. The number of hydrogen-bond acceptors (Lipinski definition) is 4. The van der Waals surface area contributed by atoms with Gasteiger partial charge in [-0.25, -0.2) is 4.79 Å². The first kappa shape index (κ1) is 23.8. The van der Waals surface area contributed by atoms with Crippen molar-refractivity contribution in [2.45, 2.75) is 45.6 Å². The van der Waals surface area contributed by atoms with Gasteiger partial charge in [0.15, 0.2) is 11.5 Å². The van der Waals surface area contributed by atoms with Gasteiger partial charge in [0.1, 0.15) is 0 Å². The Kier molecular flexibility index (Phi) is 9.73. The molecule has 0 aromatic heterocycles. The lowest BCUT2D eigenvalue weighted by atomic mass is 10.2. The van der Waals surface area contributed by atoms with Gasteiger partial charge in [0.2, 0.25) is 5.91 Å². The Hall–Kier alpha value is -2.48. The summed E-state index contributed by atoms with van der Waals surface area (Å²) in [6.45, 7) is 8.91. The van der Waals surface area contributed by atoms with Gasteiger partial charge in [-0.1, -0.05) is 13.8 Å². The predicted molar refractivity (Wildman–Crippen MR) is 118 cm³/mol. The van der Waals surface area contributed by atoms with Gasteiger partial charge in [0.25, 0.3) is 0 Å². The quantitative estimate of drug-likeness (QED) is 0.443. The van der Waals surface area contributed by atoms with Gasteiger partial charge in [-0.05, 0) is 25.0 Å². The van der Waals surface area contributed by atoms with Crippen molar-refractivity contribution in [3.8, 4) is 11.5 Å². The Labute approximate surface area is 179 Å². The van der Waals surface area contributed by atoms with Crippen LogP contribution in [0.4, 0.5) is 10.5 Å². The minimum absolute atomic E-state index is 0.0223. The third-order valence-electron chi connectivity index (χ3n) is 5.34. The maximum atomic E-state index is 12.5. The summed E-state index contributed by atoms with van der Waals surface area (Å²) in [4.78, 5) is 28.0. The smallest absolute Gasteiger partial charge is 0.315 e. The van der Waals surface area contributed by atoms with Crippen molar-refractivity contribution in [3.05, 3.63) is 18.2 Å². The first-order valence-electron chi connectivity index (χ1n) is 10.9. The van der Waals surface area contributed by atoms with Crippen LogP contribution in [0.15, 0.2) is 18.2 Å². The van der Waals surface area contributed by atoms with Gasteiger partial charge in [0, 0.05) is 37.7 Å². The van der Waals surface area contributed by atoms with E-state index in [1.54, 1.807) is 36.2 Å². The number of nitrogens with one attached hydrogen (secondary N) is 3. The highest BCUT2D eigenvalue weighted by Crippen LogP contribution is 2.33. The molecule has 0 saturated carbocycles. The molecule has 1 fully saturated rings. The van der Waals surface area contributed by atoms with Gasteiger partial charge in [-0.2, -0.15) is 0 Å². The molecule has 1 atom stereocenters. The fourth-order valence-corrected chi connectivity index (χ4v) is 3.91. The summed E-state index contributed by atoms with van der Waals surface area (Å²) in [6.07, 6.45) is 3.59. The Morgan fingerprint density at radius 3 is 2.47 bits per heavy atom. The largest absolute Gasteiger partial charge is 0.493 e. The highest BCUT2D eigenvalue weighted by atomic mass is 16.5. The van der Waals surface area contributed by atoms with Crippen LogP contribution in [-0.2, 0) is 4.79 Å². The molecular weight excluding hydrogens is 384 g/mol. The molecule has 2 rings (SSSR count). The molecule has 3 amide bonds. The lowest BCUT2D eigenvalue weighted by Crippen LogP contribution is -3.12. The molecule has 0 unspecified atom stereocenters. The van der Waals surface area contributed by atoms with Crippen LogP contribution in [0, 0.1) is 0 Å². The Morgan fingerprint density at radius 2 is 1.83 bits per heavy atom. The van der Waals surface area contributed by atoms with E-state index in [0.717, 1.165) is 18.7 Å². The first-order valence-corrected chi connectivity index (χ1v) is 10.9. The third-order valence-corrected chi connectivity index (χ3v) is 5.34. The molecule has 0 radical (unpaired) electrons. The van der Waals surface area contributed by atoms with E-state index in [4.69, 9.17) is 9.47 Å². The lowest BCUT2D eigenvalue weighted by Gasteiger charge is -2.19. The number of anilines is 1. The summed E-state index contributed by atoms with van der Waals surface area (Å²) in [5, 5.41) is 5.85. The van der Waals surface area contributed by atoms with Crippen molar-refractivity contribution in [1.82, 2.24) is 10.6 Å². The third kappa shape index (κ3) is 6.79. The summed E-state index contributed by atoms with van der Waals surface area (Å²) < 4.78 is 10.6. The van der Waals surface area contributed by atoms with Crippen LogP contribution in [0.25, 0.3) is 0 Å². The molecule has 8 nitrogen and oxygen atoms in total. The minimum atomic E-state index is -0.215. The zero-order valence-electron chi connectivity index (χ0n) is 18.8. The van der Waals surface area contributed by atoms with Gasteiger partial charge >= 0.3 is 6.03 Å². The van der Waals surface area contributed by atoms with E-state index >= 15 is 0 Å². The molecule has 0 spiro atoms. The van der Waals surface area contributed by atoms with Crippen LogP contribution >= 0.6 is 0 Å².